The van der Waals surface area contributed by atoms with Crippen molar-refractivity contribution in [3.63, 3.8) is 0 Å². The Morgan fingerprint density at radius 1 is 1.22 bits per heavy atom. The number of Topliss-reactive ketones (excluding diaryl/α,β-unsaturated/α-hetero) is 1. The third-order valence-electron chi connectivity index (χ3n) is 3.83. The molecule has 1 aromatic rings. The zero-order chi connectivity index (χ0) is 16.7. The highest BCUT2D eigenvalue weighted by Crippen LogP contribution is 2.21. The van der Waals surface area contributed by atoms with Crippen LogP contribution in [0.3, 0.4) is 0 Å². The van der Waals surface area contributed by atoms with Crippen LogP contribution in [0.25, 0.3) is 0 Å². The van der Waals surface area contributed by atoms with Gasteiger partial charge in [-0.3, -0.25) is 9.59 Å². The van der Waals surface area contributed by atoms with Gasteiger partial charge in [0.15, 0.2) is 0 Å². The van der Waals surface area contributed by atoms with Crippen LogP contribution in [0, 0.1) is 12.8 Å². The second kappa shape index (κ2) is 8.45. The van der Waals surface area contributed by atoms with E-state index in [1.165, 1.54) is 0 Å². The van der Waals surface area contributed by atoms with Gasteiger partial charge >= 0.3 is 0 Å². The van der Waals surface area contributed by atoms with Crippen LogP contribution in [0.5, 0.6) is 0 Å². The number of anilines is 2. The Kier molecular flexibility index (Phi) is 6.31. The zero-order valence-electron chi connectivity index (χ0n) is 13.8. The van der Waals surface area contributed by atoms with Crippen molar-refractivity contribution < 1.29 is 9.59 Å². The second-order valence-corrected chi connectivity index (χ2v) is 5.78. The predicted molar refractivity (Wildman–Crippen MR) is 89.4 cm³/mol. The first-order valence-electron chi connectivity index (χ1n) is 8.21. The maximum Gasteiger partial charge on any atom is 0.224 e. The van der Waals surface area contributed by atoms with Crippen LogP contribution >= 0.6 is 0 Å². The summed E-state index contributed by atoms with van der Waals surface area (Å²) in [5, 5.41) is 9.18. The number of hydrogen-bond donors (Lipinski definition) is 3. The van der Waals surface area contributed by atoms with E-state index in [2.05, 4.69) is 25.9 Å². The fraction of sp³-hybridized carbons (Fsp3) is 0.625. The van der Waals surface area contributed by atoms with Crippen LogP contribution in [0.15, 0.2) is 6.07 Å². The van der Waals surface area contributed by atoms with Gasteiger partial charge in [-0.1, -0.05) is 0 Å². The Morgan fingerprint density at radius 3 is 2.65 bits per heavy atom. The number of carbonyl (C=O) groups is 2. The highest BCUT2D eigenvalue weighted by molar-refractivity contribution is 5.84. The number of nitrogens with zero attached hydrogens (tertiary/aromatic N) is 2. The molecule has 1 aliphatic rings. The minimum atomic E-state index is -0.0247. The largest absolute Gasteiger partial charge is 0.370 e. The lowest BCUT2D eigenvalue weighted by molar-refractivity contribution is -0.128. The molecule has 1 saturated carbocycles. The molecule has 1 aliphatic carbocycles. The predicted octanol–water partition coefficient (Wildman–Crippen LogP) is 1.50. The summed E-state index contributed by atoms with van der Waals surface area (Å²) in [5.41, 5.74) is 0.884. The fourth-order valence-electron chi connectivity index (χ4n) is 2.63. The Morgan fingerprint density at radius 2 is 1.96 bits per heavy atom. The van der Waals surface area contributed by atoms with Gasteiger partial charge in [0.05, 0.1) is 0 Å². The van der Waals surface area contributed by atoms with Gasteiger partial charge in [-0.25, -0.2) is 4.98 Å². The lowest BCUT2D eigenvalue weighted by Crippen LogP contribution is -2.36. The summed E-state index contributed by atoms with van der Waals surface area (Å²) in [5.74, 6) is 1.63. The molecule has 7 nitrogen and oxygen atoms in total. The molecule has 0 atom stereocenters. The fourth-order valence-corrected chi connectivity index (χ4v) is 2.63. The van der Waals surface area contributed by atoms with Gasteiger partial charge in [0.1, 0.15) is 11.6 Å². The molecule has 2 rings (SSSR count). The maximum absolute atomic E-state index is 12.0. The number of hydrogen-bond acceptors (Lipinski definition) is 6. The molecular formula is C16H25N5O2. The maximum atomic E-state index is 12.0. The molecule has 0 aromatic carbocycles. The molecule has 0 spiro atoms. The van der Waals surface area contributed by atoms with Crippen molar-refractivity contribution in [3.8, 4) is 0 Å². The van der Waals surface area contributed by atoms with Gasteiger partial charge in [-0.2, -0.15) is 4.98 Å². The Labute approximate surface area is 136 Å². The molecule has 0 unspecified atom stereocenters. The summed E-state index contributed by atoms with van der Waals surface area (Å²) >= 11 is 0. The monoisotopic (exact) mass is 319 g/mol. The molecule has 1 amide bonds. The number of ketones is 1. The normalized spacial score (nSPS) is 15.3. The minimum absolute atomic E-state index is 0.0247. The summed E-state index contributed by atoms with van der Waals surface area (Å²) in [7, 11) is 0. The second-order valence-electron chi connectivity index (χ2n) is 5.78. The standard InChI is InChI=1S/C16H25N5O2/c1-3-17-14-10-11(2)20-16(21-14)19-9-8-18-15(23)12-4-6-13(22)7-5-12/h10,12H,3-9H2,1-2H3,(H,18,23)(H2,17,19,20,21). The third kappa shape index (κ3) is 5.50. The highest BCUT2D eigenvalue weighted by atomic mass is 16.2. The highest BCUT2D eigenvalue weighted by Gasteiger charge is 2.24. The molecule has 3 N–H and O–H groups in total. The van der Waals surface area contributed by atoms with Crippen molar-refractivity contribution in [3.05, 3.63) is 11.8 Å². The Hall–Kier alpha value is -2.18. The van der Waals surface area contributed by atoms with E-state index in [1.807, 2.05) is 19.9 Å². The molecule has 0 saturated heterocycles. The summed E-state index contributed by atoms with van der Waals surface area (Å²) in [6.45, 7) is 5.80. The molecule has 0 aliphatic heterocycles. The van der Waals surface area contributed by atoms with Crippen LogP contribution in [0.4, 0.5) is 11.8 Å². The Balaban J connectivity index is 1.72. The summed E-state index contributed by atoms with van der Waals surface area (Å²) in [6, 6.07) is 1.89. The van der Waals surface area contributed by atoms with Crippen LogP contribution in [-0.2, 0) is 9.59 Å². The number of aromatic nitrogens is 2. The SMILES string of the molecule is CCNc1cc(C)nc(NCCNC(=O)C2CCC(=O)CC2)n1. The first-order valence-corrected chi connectivity index (χ1v) is 8.21. The van der Waals surface area contributed by atoms with Crippen LogP contribution in [0.2, 0.25) is 0 Å². The van der Waals surface area contributed by atoms with Crippen LogP contribution in [-0.4, -0.2) is 41.3 Å². The van der Waals surface area contributed by atoms with Gasteiger partial charge < -0.3 is 16.0 Å². The van der Waals surface area contributed by atoms with Gasteiger partial charge in [0.2, 0.25) is 11.9 Å². The number of rotatable bonds is 7. The summed E-state index contributed by atoms with van der Waals surface area (Å²) in [6.07, 6.45) is 2.40. The lowest BCUT2D eigenvalue weighted by atomic mass is 9.88. The van der Waals surface area contributed by atoms with E-state index in [9.17, 15) is 9.59 Å². The average molecular weight is 319 g/mol. The van der Waals surface area contributed by atoms with Gasteiger partial charge in [0, 0.05) is 50.2 Å². The summed E-state index contributed by atoms with van der Waals surface area (Å²) in [4.78, 5) is 31.9. The van der Waals surface area contributed by atoms with Gasteiger partial charge in [0.25, 0.3) is 0 Å². The topological polar surface area (TPSA) is 96.0 Å². The smallest absolute Gasteiger partial charge is 0.224 e. The molecule has 1 aromatic heterocycles. The first-order chi connectivity index (χ1) is 11.1. The average Bonchev–Trinajstić information content (AvgIpc) is 2.52. The minimum Gasteiger partial charge on any atom is -0.370 e. The molecule has 0 radical (unpaired) electrons. The van der Waals surface area contributed by atoms with E-state index in [0.29, 0.717) is 44.7 Å². The number of aryl methyl sites for hydroxylation is 1. The van der Waals surface area contributed by atoms with E-state index >= 15 is 0 Å². The van der Waals surface area contributed by atoms with Crippen LogP contribution in [0.1, 0.15) is 38.3 Å². The lowest BCUT2D eigenvalue weighted by Gasteiger charge is -2.20. The van der Waals surface area contributed by atoms with E-state index in [1.54, 1.807) is 0 Å². The molecule has 1 fully saturated rings. The van der Waals surface area contributed by atoms with Crippen molar-refractivity contribution in [2.45, 2.75) is 39.5 Å². The van der Waals surface area contributed by atoms with E-state index in [-0.39, 0.29) is 17.6 Å². The molecular weight excluding hydrogens is 294 g/mol. The van der Waals surface area contributed by atoms with Gasteiger partial charge in [-0.15, -0.1) is 0 Å². The molecule has 7 heteroatoms. The van der Waals surface area contributed by atoms with Crippen molar-refractivity contribution in [1.82, 2.24) is 15.3 Å². The van der Waals surface area contributed by atoms with Crippen LogP contribution < -0.4 is 16.0 Å². The number of amides is 1. The van der Waals surface area contributed by atoms with Crippen molar-refractivity contribution in [2.75, 3.05) is 30.3 Å². The zero-order valence-corrected chi connectivity index (χ0v) is 13.8. The van der Waals surface area contributed by atoms with Crippen molar-refractivity contribution in [2.24, 2.45) is 5.92 Å². The molecule has 126 valence electrons. The summed E-state index contributed by atoms with van der Waals surface area (Å²) < 4.78 is 0. The van der Waals surface area contributed by atoms with E-state index in [0.717, 1.165) is 18.1 Å². The number of nitrogens with one attached hydrogen (secondary N) is 3. The van der Waals surface area contributed by atoms with E-state index in [4.69, 9.17) is 0 Å². The van der Waals surface area contributed by atoms with Crippen molar-refractivity contribution in [1.29, 1.82) is 0 Å². The van der Waals surface area contributed by atoms with E-state index < -0.39 is 0 Å². The Bertz CT molecular complexity index is 551. The quantitative estimate of drug-likeness (QED) is 0.659. The van der Waals surface area contributed by atoms with Crippen molar-refractivity contribution >= 4 is 23.5 Å². The molecule has 1 heterocycles. The van der Waals surface area contributed by atoms with Gasteiger partial charge in [-0.05, 0) is 26.7 Å². The third-order valence-corrected chi connectivity index (χ3v) is 3.83. The number of carbonyl (C=O) groups excluding carboxylic acids is 2. The molecule has 23 heavy (non-hydrogen) atoms. The first kappa shape index (κ1) is 17.2. The molecule has 0 bridgehead atoms.